The molecule has 0 spiro atoms. The molecule has 1 aromatic heterocycles. The van der Waals surface area contributed by atoms with Crippen LogP contribution in [-0.4, -0.2) is 30.5 Å². The molecule has 3 heteroatoms. The third-order valence-corrected chi connectivity index (χ3v) is 3.99. The van der Waals surface area contributed by atoms with E-state index in [-0.39, 0.29) is 12.4 Å². The molecule has 2 atom stereocenters. The molecule has 0 aliphatic heterocycles. The lowest BCUT2D eigenvalue weighted by Crippen LogP contribution is -2.25. The van der Waals surface area contributed by atoms with Crippen molar-refractivity contribution in [2.45, 2.75) is 12.3 Å². The van der Waals surface area contributed by atoms with Crippen LogP contribution in [0, 0.1) is 5.92 Å². The number of fused-ring (bicyclic) bond motifs is 1. The van der Waals surface area contributed by atoms with Gasteiger partial charge in [-0.2, -0.15) is 0 Å². The van der Waals surface area contributed by atoms with E-state index in [1.54, 1.807) is 0 Å². The van der Waals surface area contributed by atoms with Crippen LogP contribution >= 0.6 is 12.4 Å². The normalized spacial score (nSPS) is 20.6. The molecular weight excluding hydrogens is 268 g/mol. The van der Waals surface area contributed by atoms with Crippen LogP contribution in [0.25, 0.3) is 0 Å². The minimum Gasteiger partial charge on any atom is -0.309 e. The molecule has 1 heterocycles. The van der Waals surface area contributed by atoms with Crippen molar-refractivity contribution in [1.82, 2.24) is 9.88 Å². The van der Waals surface area contributed by atoms with Crippen LogP contribution < -0.4 is 0 Å². The van der Waals surface area contributed by atoms with E-state index in [0.29, 0.717) is 11.8 Å². The fourth-order valence-electron chi connectivity index (χ4n) is 3.33. The predicted octanol–water partition coefficient (Wildman–Crippen LogP) is 3.37. The molecule has 0 amide bonds. The molecule has 0 bridgehead atoms. The van der Waals surface area contributed by atoms with Gasteiger partial charge in [-0.15, -0.1) is 12.4 Å². The van der Waals surface area contributed by atoms with Crippen molar-refractivity contribution in [3.8, 4) is 0 Å². The summed E-state index contributed by atoms with van der Waals surface area (Å²) in [5.74, 6) is 1.14. The fraction of sp³-hybridized carbons (Fsp3) is 0.353. The van der Waals surface area contributed by atoms with Gasteiger partial charge in [0.2, 0.25) is 0 Å². The van der Waals surface area contributed by atoms with Crippen molar-refractivity contribution in [3.63, 3.8) is 0 Å². The van der Waals surface area contributed by atoms with Gasteiger partial charge in [-0.3, -0.25) is 4.98 Å². The first-order valence-corrected chi connectivity index (χ1v) is 6.88. The highest BCUT2D eigenvalue weighted by Gasteiger charge is 2.33. The molecule has 0 saturated heterocycles. The van der Waals surface area contributed by atoms with Crippen LogP contribution in [0.15, 0.2) is 48.8 Å². The standard InChI is InChI=1S/C17H20N2.ClH/c1-19(2)12-15-10-13-6-3-4-8-16(13)17(15)14-7-5-9-18-11-14;/h3-9,11,15,17H,10,12H2,1-2H3;1H. The Balaban J connectivity index is 0.00000147. The van der Waals surface area contributed by atoms with E-state index in [0.717, 1.165) is 6.54 Å². The number of benzene rings is 1. The fourth-order valence-corrected chi connectivity index (χ4v) is 3.33. The summed E-state index contributed by atoms with van der Waals surface area (Å²) in [6.45, 7) is 1.12. The number of hydrogen-bond donors (Lipinski definition) is 0. The van der Waals surface area contributed by atoms with Gasteiger partial charge < -0.3 is 4.90 Å². The van der Waals surface area contributed by atoms with Gasteiger partial charge in [-0.1, -0.05) is 30.3 Å². The molecule has 2 unspecified atom stereocenters. The van der Waals surface area contributed by atoms with E-state index in [4.69, 9.17) is 0 Å². The van der Waals surface area contributed by atoms with E-state index < -0.39 is 0 Å². The highest BCUT2D eigenvalue weighted by molar-refractivity contribution is 5.85. The Morgan fingerprint density at radius 3 is 2.65 bits per heavy atom. The molecule has 106 valence electrons. The topological polar surface area (TPSA) is 16.1 Å². The molecular formula is C17H21ClN2. The second-order valence-corrected chi connectivity index (χ2v) is 5.69. The van der Waals surface area contributed by atoms with E-state index in [1.165, 1.54) is 23.1 Å². The molecule has 3 rings (SSSR count). The van der Waals surface area contributed by atoms with Gasteiger partial charge in [0.25, 0.3) is 0 Å². The van der Waals surface area contributed by atoms with Crippen molar-refractivity contribution < 1.29 is 0 Å². The minimum atomic E-state index is 0. The van der Waals surface area contributed by atoms with E-state index in [9.17, 15) is 0 Å². The summed E-state index contributed by atoms with van der Waals surface area (Å²) in [6.07, 6.45) is 5.05. The molecule has 1 aliphatic carbocycles. The zero-order valence-electron chi connectivity index (χ0n) is 12.0. The predicted molar refractivity (Wildman–Crippen MR) is 85.5 cm³/mol. The first-order valence-electron chi connectivity index (χ1n) is 6.88. The molecule has 2 nitrogen and oxygen atoms in total. The maximum absolute atomic E-state index is 4.30. The number of pyridine rings is 1. The molecule has 1 aliphatic rings. The van der Waals surface area contributed by atoms with Gasteiger partial charge in [-0.05, 0) is 49.2 Å². The third kappa shape index (κ3) is 2.87. The lowest BCUT2D eigenvalue weighted by Gasteiger charge is -2.23. The molecule has 0 radical (unpaired) electrons. The Hall–Kier alpha value is -1.38. The van der Waals surface area contributed by atoms with Crippen LogP contribution in [-0.2, 0) is 6.42 Å². The average molecular weight is 289 g/mol. The quantitative estimate of drug-likeness (QED) is 0.861. The number of aromatic nitrogens is 1. The Morgan fingerprint density at radius 2 is 1.95 bits per heavy atom. The Bertz CT molecular complexity index is 554. The second-order valence-electron chi connectivity index (χ2n) is 5.69. The van der Waals surface area contributed by atoms with Crippen molar-refractivity contribution in [2.75, 3.05) is 20.6 Å². The zero-order chi connectivity index (χ0) is 13.2. The molecule has 20 heavy (non-hydrogen) atoms. The lowest BCUT2D eigenvalue weighted by atomic mass is 9.86. The Kier molecular flexibility index (Phi) is 4.79. The molecule has 1 aromatic carbocycles. The summed E-state index contributed by atoms with van der Waals surface area (Å²) in [4.78, 5) is 6.59. The monoisotopic (exact) mass is 288 g/mol. The number of halogens is 1. The van der Waals surface area contributed by atoms with Crippen molar-refractivity contribution in [1.29, 1.82) is 0 Å². The van der Waals surface area contributed by atoms with Crippen LogP contribution in [0.4, 0.5) is 0 Å². The van der Waals surface area contributed by atoms with Gasteiger partial charge in [0.15, 0.2) is 0 Å². The first kappa shape index (κ1) is 15.0. The molecule has 0 N–H and O–H groups in total. The third-order valence-electron chi connectivity index (χ3n) is 3.99. The van der Waals surface area contributed by atoms with Crippen LogP contribution in [0.1, 0.15) is 22.6 Å². The van der Waals surface area contributed by atoms with Crippen LogP contribution in [0.2, 0.25) is 0 Å². The Labute approximate surface area is 127 Å². The summed E-state index contributed by atoms with van der Waals surface area (Å²) in [5.41, 5.74) is 4.34. The largest absolute Gasteiger partial charge is 0.309 e. The minimum absolute atomic E-state index is 0. The lowest BCUT2D eigenvalue weighted by molar-refractivity contribution is 0.315. The molecule has 2 aromatic rings. The second kappa shape index (κ2) is 6.38. The number of rotatable bonds is 3. The van der Waals surface area contributed by atoms with Gasteiger partial charge in [0.1, 0.15) is 0 Å². The van der Waals surface area contributed by atoms with Crippen LogP contribution in [0.3, 0.4) is 0 Å². The van der Waals surface area contributed by atoms with Crippen LogP contribution in [0.5, 0.6) is 0 Å². The summed E-state index contributed by atoms with van der Waals surface area (Å²) in [5, 5.41) is 0. The van der Waals surface area contributed by atoms with Gasteiger partial charge in [0, 0.05) is 24.9 Å². The molecule has 0 saturated carbocycles. The molecule has 0 fully saturated rings. The highest BCUT2D eigenvalue weighted by Crippen LogP contribution is 2.42. The van der Waals surface area contributed by atoms with E-state index >= 15 is 0 Å². The van der Waals surface area contributed by atoms with E-state index in [2.05, 4.69) is 54.3 Å². The smallest absolute Gasteiger partial charge is 0.0306 e. The SMILES string of the molecule is CN(C)CC1Cc2ccccc2C1c1cccnc1.Cl. The van der Waals surface area contributed by atoms with Crippen molar-refractivity contribution in [2.24, 2.45) is 5.92 Å². The van der Waals surface area contributed by atoms with E-state index in [1.807, 2.05) is 18.5 Å². The summed E-state index contributed by atoms with van der Waals surface area (Å²) in [6, 6.07) is 13.1. The Morgan fingerprint density at radius 1 is 1.15 bits per heavy atom. The number of hydrogen-bond acceptors (Lipinski definition) is 2. The maximum Gasteiger partial charge on any atom is 0.0306 e. The first-order chi connectivity index (χ1) is 9.25. The maximum atomic E-state index is 4.30. The highest BCUT2D eigenvalue weighted by atomic mass is 35.5. The average Bonchev–Trinajstić information content (AvgIpc) is 2.76. The number of nitrogens with zero attached hydrogens (tertiary/aromatic N) is 2. The summed E-state index contributed by atoms with van der Waals surface area (Å²) >= 11 is 0. The van der Waals surface area contributed by atoms with Gasteiger partial charge >= 0.3 is 0 Å². The van der Waals surface area contributed by atoms with Crippen molar-refractivity contribution >= 4 is 12.4 Å². The summed E-state index contributed by atoms with van der Waals surface area (Å²) < 4.78 is 0. The van der Waals surface area contributed by atoms with Gasteiger partial charge in [-0.25, -0.2) is 0 Å². The summed E-state index contributed by atoms with van der Waals surface area (Å²) in [7, 11) is 4.31. The zero-order valence-corrected chi connectivity index (χ0v) is 12.8. The van der Waals surface area contributed by atoms with Gasteiger partial charge in [0.05, 0.1) is 0 Å². The van der Waals surface area contributed by atoms with Crippen molar-refractivity contribution in [3.05, 3.63) is 65.5 Å².